The van der Waals surface area contributed by atoms with Gasteiger partial charge in [0.1, 0.15) is 16.7 Å². The predicted molar refractivity (Wildman–Crippen MR) is 146 cm³/mol. The van der Waals surface area contributed by atoms with E-state index in [-0.39, 0.29) is 34.4 Å². The van der Waals surface area contributed by atoms with Gasteiger partial charge in [-0.15, -0.1) is 0 Å². The third kappa shape index (κ3) is 5.44. The summed E-state index contributed by atoms with van der Waals surface area (Å²) in [6.45, 7) is -0.234. The zero-order valence-corrected chi connectivity index (χ0v) is 21.8. The molecule has 1 atom stereocenters. The molecule has 200 valence electrons. The second-order valence-corrected chi connectivity index (χ2v) is 10.3. The van der Waals surface area contributed by atoms with Crippen LogP contribution in [-0.4, -0.2) is 38.0 Å². The average Bonchev–Trinajstić information content (AvgIpc) is 3.58. The zero-order valence-electron chi connectivity index (χ0n) is 21.0. The molecule has 39 heavy (non-hydrogen) atoms. The number of nitrogen functional groups attached to an aromatic ring is 1. The van der Waals surface area contributed by atoms with Crippen molar-refractivity contribution in [1.82, 2.24) is 19.6 Å². The van der Waals surface area contributed by atoms with Gasteiger partial charge in [-0.05, 0) is 54.2 Å². The number of anilines is 1. The molecule has 0 spiro atoms. The first kappa shape index (κ1) is 26.2. The third-order valence-corrected chi connectivity index (χ3v) is 7.77. The second kappa shape index (κ2) is 11.2. The van der Waals surface area contributed by atoms with Gasteiger partial charge in [-0.3, -0.25) is 19.4 Å². The quantitative estimate of drug-likeness (QED) is 0.305. The molecule has 3 amide bonds. The van der Waals surface area contributed by atoms with Gasteiger partial charge < -0.3 is 21.7 Å². The highest BCUT2D eigenvalue weighted by molar-refractivity contribution is 7.09. The highest BCUT2D eigenvalue weighted by Crippen LogP contribution is 2.32. The molecule has 1 aliphatic carbocycles. The van der Waals surface area contributed by atoms with E-state index in [0.717, 1.165) is 36.6 Å². The van der Waals surface area contributed by atoms with Crippen LogP contribution in [0.5, 0.6) is 0 Å². The molecule has 5 N–H and O–H groups in total. The molecule has 11 heteroatoms. The maximum Gasteiger partial charge on any atom is 0.270 e. The molecule has 0 radical (unpaired) electrons. The minimum absolute atomic E-state index is 0.0255. The number of nitrogens with zero attached hydrogens (tertiary/aromatic N) is 3. The Kier molecular flexibility index (Phi) is 7.51. The van der Waals surface area contributed by atoms with Crippen molar-refractivity contribution < 1.29 is 18.8 Å². The van der Waals surface area contributed by atoms with Crippen LogP contribution >= 0.6 is 11.5 Å². The van der Waals surface area contributed by atoms with Crippen molar-refractivity contribution in [1.29, 1.82) is 0 Å². The molecule has 0 aliphatic heterocycles. The first-order valence-electron chi connectivity index (χ1n) is 12.6. The number of rotatable bonds is 8. The molecule has 1 fully saturated rings. The highest BCUT2D eigenvalue weighted by atomic mass is 32.1. The summed E-state index contributed by atoms with van der Waals surface area (Å²) in [4.78, 5) is 45.4. The Morgan fingerprint density at radius 1 is 1.10 bits per heavy atom. The van der Waals surface area contributed by atoms with Crippen LogP contribution in [0.2, 0.25) is 0 Å². The van der Waals surface area contributed by atoms with Crippen LogP contribution in [0.15, 0.2) is 60.8 Å². The lowest BCUT2D eigenvalue weighted by atomic mass is 9.99. The monoisotopic (exact) mass is 546 g/mol. The van der Waals surface area contributed by atoms with E-state index in [9.17, 15) is 18.8 Å². The van der Waals surface area contributed by atoms with E-state index in [2.05, 4.69) is 14.7 Å². The number of carbonyl (C=O) groups excluding carboxylic acids is 3. The van der Waals surface area contributed by atoms with E-state index in [1.807, 2.05) is 6.07 Å². The van der Waals surface area contributed by atoms with Crippen LogP contribution in [-0.2, 0) is 11.3 Å². The minimum atomic E-state index is -1.14. The Bertz CT molecular complexity index is 1550. The van der Waals surface area contributed by atoms with Crippen molar-refractivity contribution in [2.45, 2.75) is 44.3 Å². The molecule has 2 aromatic carbocycles. The topological polar surface area (TPSA) is 144 Å². The first-order valence-corrected chi connectivity index (χ1v) is 13.3. The number of halogens is 1. The molecule has 2 heterocycles. The zero-order chi connectivity index (χ0) is 27.5. The van der Waals surface area contributed by atoms with E-state index in [1.165, 1.54) is 11.0 Å². The van der Waals surface area contributed by atoms with Crippen molar-refractivity contribution >= 4 is 45.8 Å². The Morgan fingerprint density at radius 2 is 1.87 bits per heavy atom. The van der Waals surface area contributed by atoms with Gasteiger partial charge in [-0.2, -0.15) is 4.37 Å². The van der Waals surface area contributed by atoms with E-state index < -0.39 is 29.6 Å². The van der Waals surface area contributed by atoms with Crippen molar-refractivity contribution in [3.63, 3.8) is 0 Å². The molecule has 1 saturated carbocycles. The average molecular weight is 547 g/mol. The van der Waals surface area contributed by atoms with Crippen LogP contribution in [0.1, 0.15) is 63.0 Å². The van der Waals surface area contributed by atoms with Crippen LogP contribution in [0.25, 0.3) is 10.9 Å². The summed E-state index contributed by atoms with van der Waals surface area (Å²) in [6.07, 6.45) is 5.35. The van der Waals surface area contributed by atoms with Gasteiger partial charge in [0, 0.05) is 23.2 Å². The molecule has 0 unspecified atom stereocenters. The maximum atomic E-state index is 14.9. The highest BCUT2D eigenvalue weighted by Gasteiger charge is 2.36. The number of nitrogens with two attached hydrogens (primary N) is 2. The largest absolute Gasteiger partial charge is 0.395 e. The van der Waals surface area contributed by atoms with Crippen LogP contribution < -0.4 is 16.8 Å². The van der Waals surface area contributed by atoms with Crippen LogP contribution in [0.3, 0.4) is 0 Å². The molecular weight excluding hydrogens is 519 g/mol. The predicted octanol–water partition coefficient (Wildman–Crippen LogP) is 3.95. The number of fused-ring (bicyclic) bond motifs is 1. The summed E-state index contributed by atoms with van der Waals surface area (Å²) in [6, 6.07) is 13.8. The van der Waals surface area contributed by atoms with Crippen molar-refractivity contribution in [3.8, 4) is 0 Å². The Morgan fingerprint density at radius 3 is 2.59 bits per heavy atom. The number of aromatic nitrogens is 2. The van der Waals surface area contributed by atoms with Gasteiger partial charge >= 0.3 is 0 Å². The maximum absolute atomic E-state index is 14.9. The molecule has 1 aliphatic rings. The normalized spacial score (nSPS) is 14.3. The Balaban J connectivity index is 1.64. The molecule has 0 saturated heterocycles. The summed E-state index contributed by atoms with van der Waals surface area (Å²) in [7, 11) is 0. The van der Waals surface area contributed by atoms with E-state index in [0.29, 0.717) is 17.1 Å². The molecule has 0 bridgehead atoms. The van der Waals surface area contributed by atoms with Gasteiger partial charge in [0.25, 0.3) is 11.8 Å². The fourth-order valence-electron chi connectivity index (χ4n) is 4.94. The summed E-state index contributed by atoms with van der Waals surface area (Å²) in [5.41, 5.74) is 12.5. The smallest absolute Gasteiger partial charge is 0.270 e. The lowest BCUT2D eigenvalue weighted by Crippen LogP contribution is -2.46. The third-order valence-electron chi connectivity index (χ3n) is 6.92. The standard InChI is InChI=1S/C28H27FN6O3S/c29-20-10-4-1-6-18(20)15-35(28(38)25-22(30)23(26(31)36)34-39-25)24(27(37)33-19-8-2-3-9-19)17-11-12-21-16(14-17)7-5-13-32-21/h1,4-7,10-14,19,24H,2-3,8-9,15,30H2,(H2,31,36)(H,33,37)/t24-/m1/s1. The fraction of sp³-hybridized carbons (Fsp3) is 0.250. The lowest BCUT2D eigenvalue weighted by molar-refractivity contribution is -0.126. The molecule has 2 aromatic heterocycles. The van der Waals surface area contributed by atoms with E-state index in [1.54, 1.807) is 48.7 Å². The number of hydrogen-bond acceptors (Lipinski definition) is 7. The SMILES string of the molecule is NC(=O)c1nsc(C(=O)N(Cc2ccccc2F)[C@@H](C(=O)NC2CCCC2)c2ccc3ncccc3c2)c1N. The summed E-state index contributed by atoms with van der Waals surface area (Å²) < 4.78 is 18.8. The number of hydrogen-bond donors (Lipinski definition) is 3. The van der Waals surface area contributed by atoms with Gasteiger partial charge in [-0.25, -0.2) is 4.39 Å². The van der Waals surface area contributed by atoms with E-state index in [4.69, 9.17) is 11.5 Å². The van der Waals surface area contributed by atoms with Crippen molar-refractivity contribution in [3.05, 3.63) is 88.3 Å². The number of carbonyl (C=O) groups is 3. The van der Waals surface area contributed by atoms with Gasteiger partial charge in [0.05, 0.1) is 17.7 Å². The summed E-state index contributed by atoms with van der Waals surface area (Å²) >= 11 is 0.713. The number of primary amides is 1. The first-order chi connectivity index (χ1) is 18.8. The number of amides is 3. The Hall–Kier alpha value is -4.38. The van der Waals surface area contributed by atoms with Gasteiger partial charge in [0.2, 0.25) is 5.91 Å². The number of nitrogens with one attached hydrogen (secondary N) is 1. The number of benzene rings is 2. The molecule has 4 aromatic rings. The summed E-state index contributed by atoms with van der Waals surface area (Å²) in [5, 5.41) is 3.87. The molecule has 9 nitrogen and oxygen atoms in total. The number of pyridine rings is 1. The lowest BCUT2D eigenvalue weighted by Gasteiger charge is -2.32. The van der Waals surface area contributed by atoms with Gasteiger partial charge in [0.15, 0.2) is 5.69 Å². The van der Waals surface area contributed by atoms with Crippen molar-refractivity contribution in [2.75, 3.05) is 5.73 Å². The second-order valence-electron chi connectivity index (χ2n) is 9.51. The van der Waals surface area contributed by atoms with Gasteiger partial charge in [-0.1, -0.05) is 43.2 Å². The van der Waals surface area contributed by atoms with Crippen LogP contribution in [0.4, 0.5) is 10.1 Å². The minimum Gasteiger partial charge on any atom is -0.395 e. The van der Waals surface area contributed by atoms with E-state index >= 15 is 0 Å². The summed E-state index contributed by atoms with van der Waals surface area (Å²) in [5.74, 6) is -2.46. The fourth-order valence-corrected chi connectivity index (χ4v) is 5.70. The van der Waals surface area contributed by atoms with Crippen LogP contribution in [0, 0.1) is 5.82 Å². The Labute approximate surface area is 228 Å². The molecule has 5 rings (SSSR count). The molecular formula is C28H27FN6O3S. The van der Waals surface area contributed by atoms with Crippen molar-refractivity contribution in [2.24, 2.45) is 5.73 Å².